The number of amides is 1. The molecule has 6 nitrogen and oxygen atoms in total. The number of hydrogen-bond donors (Lipinski definition) is 1. The Morgan fingerprint density at radius 2 is 1.84 bits per heavy atom. The second kappa shape index (κ2) is 11.7. The highest BCUT2D eigenvalue weighted by Gasteiger charge is 2.18. The Balaban J connectivity index is 1.75. The van der Waals surface area contributed by atoms with E-state index in [1.807, 2.05) is 57.2 Å². The number of nitrogens with zero attached hydrogens (tertiary/aromatic N) is 1. The van der Waals surface area contributed by atoms with Crippen LogP contribution < -0.4 is 14.4 Å². The largest absolute Gasteiger partial charge is 0.491 e. The molecule has 0 radical (unpaired) electrons. The molecular weight excluding hydrogens is 412 g/mol. The van der Waals surface area contributed by atoms with Gasteiger partial charge in [-0.1, -0.05) is 30.3 Å². The summed E-state index contributed by atoms with van der Waals surface area (Å²) >= 11 is 0. The van der Waals surface area contributed by atoms with Gasteiger partial charge in [0.15, 0.2) is 0 Å². The van der Waals surface area contributed by atoms with Crippen LogP contribution >= 0.6 is 0 Å². The maximum Gasteiger partial charge on any atom is 0.232 e. The van der Waals surface area contributed by atoms with Gasteiger partial charge in [-0.05, 0) is 69.4 Å². The molecule has 0 aliphatic heterocycles. The molecule has 170 valence electrons. The molecule has 7 heteroatoms. The maximum absolute atomic E-state index is 12.2. The SMILES string of the molecule is Cc1ccccc1N(CCCC(=O)NCCCc1cccc(OC(C)C)c1)S(C)(=O)=O. The maximum atomic E-state index is 12.2. The van der Waals surface area contributed by atoms with Crippen LogP contribution in [0.25, 0.3) is 0 Å². The van der Waals surface area contributed by atoms with Gasteiger partial charge in [0.2, 0.25) is 15.9 Å². The first-order chi connectivity index (χ1) is 14.7. The van der Waals surface area contributed by atoms with Crippen LogP contribution in [0.4, 0.5) is 5.69 Å². The first-order valence-corrected chi connectivity index (χ1v) is 12.6. The number of aryl methyl sites for hydroxylation is 2. The number of anilines is 1. The molecule has 0 aliphatic rings. The van der Waals surface area contributed by atoms with Gasteiger partial charge in [-0.15, -0.1) is 0 Å². The third-order valence-corrected chi connectivity index (χ3v) is 5.96. The van der Waals surface area contributed by atoms with E-state index in [0.29, 0.717) is 18.7 Å². The summed E-state index contributed by atoms with van der Waals surface area (Å²) in [5, 5.41) is 2.93. The lowest BCUT2D eigenvalue weighted by molar-refractivity contribution is -0.121. The fourth-order valence-corrected chi connectivity index (χ4v) is 4.37. The summed E-state index contributed by atoms with van der Waals surface area (Å²) in [4.78, 5) is 12.2. The summed E-state index contributed by atoms with van der Waals surface area (Å²) in [5.74, 6) is 0.802. The highest BCUT2D eigenvalue weighted by atomic mass is 32.2. The molecule has 0 aromatic heterocycles. The molecule has 0 atom stereocenters. The van der Waals surface area contributed by atoms with E-state index in [4.69, 9.17) is 4.74 Å². The van der Waals surface area contributed by atoms with Crippen LogP contribution in [0.1, 0.15) is 44.2 Å². The molecule has 0 bridgehead atoms. The van der Waals surface area contributed by atoms with Gasteiger partial charge in [-0.2, -0.15) is 0 Å². The van der Waals surface area contributed by atoms with Crippen molar-refractivity contribution >= 4 is 21.6 Å². The van der Waals surface area contributed by atoms with Crippen LogP contribution in [-0.2, 0) is 21.2 Å². The number of rotatable bonds is 12. The van der Waals surface area contributed by atoms with Crippen LogP contribution in [0.5, 0.6) is 5.75 Å². The number of carbonyl (C=O) groups is 1. The van der Waals surface area contributed by atoms with Crippen molar-refractivity contribution in [3.8, 4) is 5.75 Å². The highest BCUT2D eigenvalue weighted by Crippen LogP contribution is 2.22. The third-order valence-electron chi connectivity index (χ3n) is 4.78. The molecule has 2 aromatic carbocycles. The van der Waals surface area contributed by atoms with Gasteiger partial charge >= 0.3 is 0 Å². The molecule has 2 aromatic rings. The quantitative estimate of drug-likeness (QED) is 0.499. The van der Waals surface area contributed by atoms with Crippen LogP contribution in [0, 0.1) is 6.92 Å². The Morgan fingerprint density at radius 3 is 2.52 bits per heavy atom. The van der Waals surface area contributed by atoms with Gasteiger partial charge in [0.05, 0.1) is 18.0 Å². The van der Waals surface area contributed by atoms with Crippen LogP contribution in [0.2, 0.25) is 0 Å². The fraction of sp³-hybridized carbons (Fsp3) is 0.458. The van der Waals surface area contributed by atoms with Crippen molar-refractivity contribution in [2.24, 2.45) is 0 Å². The lowest BCUT2D eigenvalue weighted by Crippen LogP contribution is -2.32. The van der Waals surface area contributed by atoms with Gasteiger partial charge in [-0.3, -0.25) is 9.10 Å². The summed E-state index contributed by atoms with van der Waals surface area (Å²) in [6.45, 7) is 6.74. The first-order valence-electron chi connectivity index (χ1n) is 10.7. The number of carbonyl (C=O) groups excluding carboxylic acids is 1. The number of benzene rings is 2. The zero-order chi connectivity index (χ0) is 22.9. The predicted octanol–water partition coefficient (Wildman–Crippen LogP) is 4.08. The Bertz CT molecular complexity index is 958. The Hall–Kier alpha value is -2.54. The van der Waals surface area contributed by atoms with E-state index >= 15 is 0 Å². The summed E-state index contributed by atoms with van der Waals surface area (Å²) in [6, 6.07) is 15.4. The second-order valence-electron chi connectivity index (χ2n) is 7.99. The van der Waals surface area contributed by atoms with Crippen molar-refractivity contribution in [1.82, 2.24) is 5.32 Å². The van der Waals surface area contributed by atoms with E-state index in [9.17, 15) is 13.2 Å². The van der Waals surface area contributed by atoms with Crippen molar-refractivity contribution in [3.63, 3.8) is 0 Å². The average Bonchev–Trinajstić information content (AvgIpc) is 2.68. The number of sulfonamides is 1. The molecule has 0 fully saturated rings. The van der Waals surface area contributed by atoms with E-state index in [1.54, 1.807) is 6.07 Å². The van der Waals surface area contributed by atoms with Crippen molar-refractivity contribution in [1.29, 1.82) is 0 Å². The summed E-state index contributed by atoms with van der Waals surface area (Å²) in [7, 11) is -3.41. The van der Waals surface area contributed by atoms with E-state index in [1.165, 1.54) is 16.1 Å². The van der Waals surface area contributed by atoms with Crippen molar-refractivity contribution in [2.75, 3.05) is 23.7 Å². The molecule has 1 N–H and O–H groups in total. The lowest BCUT2D eigenvalue weighted by Gasteiger charge is -2.24. The molecule has 0 unspecified atom stereocenters. The topological polar surface area (TPSA) is 75.7 Å². The molecule has 2 rings (SSSR count). The number of hydrogen-bond acceptors (Lipinski definition) is 4. The van der Waals surface area contributed by atoms with Gasteiger partial charge < -0.3 is 10.1 Å². The zero-order valence-electron chi connectivity index (χ0n) is 18.9. The van der Waals surface area contributed by atoms with Crippen molar-refractivity contribution in [2.45, 2.75) is 52.6 Å². The second-order valence-corrected chi connectivity index (χ2v) is 9.90. The van der Waals surface area contributed by atoms with Gasteiger partial charge in [0.25, 0.3) is 0 Å². The molecule has 0 saturated heterocycles. The monoisotopic (exact) mass is 446 g/mol. The molecule has 0 heterocycles. The van der Waals surface area contributed by atoms with Crippen molar-refractivity contribution < 1.29 is 17.9 Å². The van der Waals surface area contributed by atoms with Crippen LogP contribution in [0.3, 0.4) is 0 Å². The van der Waals surface area contributed by atoms with E-state index in [2.05, 4.69) is 11.4 Å². The summed E-state index contributed by atoms with van der Waals surface area (Å²) in [5.41, 5.74) is 2.73. The van der Waals surface area contributed by atoms with Crippen molar-refractivity contribution in [3.05, 3.63) is 59.7 Å². The number of para-hydroxylation sites is 1. The average molecular weight is 447 g/mol. The minimum Gasteiger partial charge on any atom is -0.491 e. The Kier molecular flexibility index (Phi) is 9.37. The minimum absolute atomic E-state index is 0.0601. The van der Waals surface area contributed by atoms with E-state index in [0.717, 1.165) is 24.2 Å². The highest BCUT2D eigenvalue weighted by molar-refractivity contribution is 7.92. The molecule has 31 heavy (non-hydrogen) atoms. The molecule has 0 aliphatic carbocycles. The lowest BCUT2D eigenvalue weighted by atomic mass is 10.1. The Labute approximate surface area is 186 Å². The Morgan fingerprint density at radius 1 is 1.10 bits per heavy atom. The van der Waals surface area contributed by atoms with E-state index in [-0.39, 0.29) is 25.0 Å². The summed E-state index contributed by atoms with van der Waals surface area (Å²) < 4.78 is 31.5. The van der Waals surface area contributed by atoms with Gasteiger partial charge in [-0.25, -0.2) is 8.42 Å². The van der Waals surface area contributed by atoms with Crippen LogP contribution in [-0.4, -0.2) is 39.8 Å². The minimum atomic E-state index is -3.41. The van der Waals surface area contributed by atoms with Gasteiger partial charge in [0, 0.05) is 19.5 Å². The molecule has 1 amide bonds. The standard InChI is InChI=1S/C24H34N2O4S/c1-19(2)30-22-13-7-11-21(18-22)12-8-16-25-24(27)15-9-17-26(31(4,28)29)23-14-6-5-10-20(23)3/h5-7,10-11,13-14,18-19H,8-9,12,15-17H2,1-4H3,(H,25,27). The first kappa shape index (κ1) is 24.7. The smallest absolute Gasteiger partial charge is 0.232 e. The normalized spacial score (nSPS) is 11.4. The summed E-state index contributed by atoms with van der Waals surface area (Å²) in [6.07, 6.45) is 3.76. The van der Waals surface area contributed by atoms with Crippen LogP contribution in [0.15, 0.2) is 48.5 Å². The van der Waals surface area contributed by atoms with E-state index < -0.39 is 10.0 Å². The molecule has 0 spiro atoms. The number of nitrogens with one attached hydrogen (secondary N) is 1. The zero-order valence-corrected chi connectivity index (χ0v) is 19.7. The van der Waals surface area contributed by atoms with Gasteiger partial charge in [0.1, 0.15) is 5.75 Å². The molecule has 0 saturated carbocycles. The number of ether oxygens (including phenoxy) is 1. The predicted molar refractivity (Wildman–Crippen MR) is 126 cm³/mol. The molecular formula is C24H34N2O4S. The fourth-order valence-electron chi connectivity index (χ4n) is 3.35. The third kappa shape index (κ3) is 8.61.